The van der Waals surface area contributed by atoms with Crippen molar-refractivity contribution in [2.24, 2.45) is 5.16 Å². The number of hydrogen-bond acceptors (Lipinski definition) is 6. The SMILES string of the molecule is C.C/C(=N/O)c1ccccc1.Cc1cc(C)[nH]n1.O=C1CCCCCN1.c1nc[nH]n1. The first-order valence-electron chi connectivity index (χ1n) is 9.81. The molecule has 170 valence electrons. The number of carbonyl (C=O) groups is 1. The molecular weight excluding hydrogens is 394 g/mol. The summed E-state index contributed by atoms with van der Waals surface area (Å²) in [4.78, 5) is 14.1. The Kier molecular flexibility index (Phi) is 15.4. The van der Waals surface area contributed by atoms with E-state index in [4.69, 9.17) is 5.21 Å². The van der Waals surface area contributed by atoms with Crippen LogP contribution in [0.5, 0.6) is 0 Å². The fraction of sp³-hybridized carbons (Fsp3) is 0.409. The average molecular weight is 430 g/mol. The second-order valence-electron chi connectivity index (χ2n) is 6.56. The number of nitrogens with one attached hydrogen (secondary N) is 3. The molecule has 1 aliphatic rings. The first-order valence-corrected chi connectivity index (χ1v) is 9.81. The maximum absolute atomic E-state index is 10.6. The van der Waals surface area contributed by atoms with E-state index in [9.17, 15) is 4.79 Å². The van der Waals surface area contributed by atoms with E-state index in [1.54, 1.807) is 6.92 Å². The Balaban J connectivity index is 0.000000392. The van der Waals surface area contributed by atoms with Crippen molar-refractivity contribution in [3.05, 3.63) is 66.0 Å². The van der Waals surface area contributed by atoms with Gasteiger partial charge in [0.05, 0.1) is 11.4 Å². The third-order valence-corrected chi connectivity index (χ3v) is 3.91. The Labute approximate surface area is 184 Å². The van der Waals surface area contributed by atoms with Gasteiger partial charge in [0.1, 0.15) is 12.7 Å². The second kappa shape index (κ2) is 17.4. The summed E-state index contributed by atoms with van der Waals surface area (Å²) in [5.41, 5.74) is 3.76. The van der Waals surface area contributed by atoms with Crippen molar-refractivity contribution in [2.75, 3.05) is 6.54 Å². The van der Waals surface area contributed by atoms with Crippen LogP contribution < -0.4 is 5.32 Å². The molecule has 9 heteroatoms. The van der Waals surface area contributed by atoms with Gasteiger partial charge < -0.3 is 10.5 Å². The predicted octanol–water partition coefficient (Wildman–Crippen LogP) is 4.03. The smallest absolute Gasteiger partial charge is 0.219 e. The van der Waals surface area contributed by atoms with Crippen molar-refractivity contribution in [3.63, 3.8) is 0 Å². The Bertz CT molecular complexity index is 787. The summed E-state index contributed by atoms with van der Waals surface area (Å²) in [5, 5.41) is 27.0. The third kappa shape index (κ3) is 14.2. The molecule has 0 aliphatic carbocycles. The summed E-state index contributed by atoms with van der Waals surface area (Å²) in [6, 6.07) is 11.5. The molecule has 1 aromatic carbocycles. The van der Waals surface area contributed by atoms with E-state index in [0.29, 0.717) is 5.71 Å². The maximum atomic E-state index is 10.6. The highest BCUT2D eigenvalue weighted by Gasteiger charge is 2.03. The number of hydrogen-bond donors (Lipinski definition) is 4. The molecule has 1 aliphatic heterocycles. The van der Waals surface area contributed by atoms with Crippen LogP contribution in [0.25, 0.3) is 0 Å². The molecule has 0 atom stereocenters. The molecule has 1 fully saturated rings. The largest absolute Gasteiger partial charge is 0.411 e. The first kappa shape index (κ1) is 27.5. The molecule has 0 radical (unpaired) electrons. The number of H-pyrrole nitrogens is 2. The molecule has 0 saturated carbocycles. The van der Waals surface area contributed by atoms with E-state index >= 15 is 0 Å². The number of amides is 1. The zero-order valence-electron chi connectivity index (χ0n) is 17.8. The van der Waals surface area contributed by atoms with Crippen LogP contribution in [-0.2, 0) is 4.79 Å². The minimum absolute atomic E-state index is 0. The molecule has 2 aromatic heterocycles. The van der Waals surface area contributed by atoms with Crippen molar-refractivity contribution >= 4 is 11.6 Å². The number of oxime groups is 1. The average Bonchev–Trinajstić information content (AvgIpc) is 3.41. The third-order valence-electron chi connectivity index (χ3n) is 3.91. The highest BCUT2D eigenvalue weighted by molar-refractivity contribution is 5.98. The summed E-state index contributed by atoms with van der Waals surface area (Å²) >= 11 is 0. The van der Waals surface area contributed by atoms with Gasteiger partial charge >= 0.3 is 0 Å². The number of rotatable bonds is 1. The Morgan fingerprint density at radius 3 is 2.32 bits per heavy atom. The van der Waals surface area contributed by atoms with Crippen molar-refractivity contribution < 1.29 is 10.0 Å². The lowest BCUT2D eigenvalue weighted by molar-refractivity contribution is -0.120. The van der Waals surface area contributed by atoms with Crippen molar-refractivity contribution in [1.29, 1.82) is 0 Å². The Morgan fingerprint density at radius 1 is 1.13 bits per heavy atom. The molecular formula is C22H35N7O2. The van der Waals surface area contributed by atoms with Crippen molar-refractivity contribution in [3.8, 4) is 0 Å². The lowest BCUT2D eigenvalue weighted by Crippen LogP contribution is -2.21. The van der Waals surface area contributed by atoms with Gasteiger partial charge in [0, 0.05) is 18.7 Å². The molecule has 1 saturated heterocycles. The van der Waals surface area contributed by atoms with Crippen molar-refractivity contribution in [1.82, 2.24) is 30.7 Å². The summed E-state index contributed by atoms with van der Waals surface area (Å²) in [7, 11) is 0. The van der Waals surface area contributed by atoms with E-state index in [1.165, 1.54) is 19.1 Å². The molecule has 0 spiro atoms. The fourth-order valence-corrected chi connectivity index (χ4v) is 2.36. The van der Waals surface area contributed by atoms with Crippen LogP contribution >= 0.6 is 0 Å². The number of aromatic amines is 2. The zero-order valence-corrected chi connectivity index (χ0v) is 17.8. The summed E-state index contributed by atoms with van der Waals surface area (Å²) in [6.07, 6.45) is 7.14. The van der Waals surface area contributed by atoms with Gasteiger partial charge in [-0.15, -0.1) is 0 Å². The molecule has 4 N–H and O–H groups in total. The number of aromatic nitrogens is 5. The minimum Gasteiger partial charge on any atom is -0.411 e. The number of aryl methyl sites for hydroxylation is 2. The van der Waals surface area contributed by atoms with Gasteiger partial charge in [-0.25, -0.2) is 4.98 Å². The monoisotopic (exact) mass is 429 g/mol. The summed E-state index contributed by atoms with van der Waals surface area (Å²) < 4.78 is 0. The van der Waals surface area contributed by atoms with Crippen LogP contribution in [-0.4, -0.2) is 48.7 Å². The molecule has 31 heavy (non-hydrogen) atoms. The van der Waals surface area contributed by atoms with E-state index in [-0.39, 0.29) is 13.3 Å². The van der Waals surface area contributed by atoms with Gasteiger partial charge in [-0.1, -0.05) is 49.3 Å². The van der Waals surface area contributed by atoms with Crippen LogP contribution in [0, 0.1) is 13.8 Å². The molecule has 1 amide bonds. The molecule has 4 rings (SSSR count). The van der Waals surface area contributed by atoms with Crippen LogP contribution in [0.15, 0.2) is 54.2 Å². The van der Waals surface area contributed by atoms with Gasteiger partial charge in [-0.3, -0.25) is 15.0 Å². The minimum atomic E-state index is 0. The molecule has 9 nitrogen and oxygen atoms in total. The van der Waals surface area contributed by atoms with E-state index in [2.05, 4.69) is 35.9 Å². The number of benzene rings is 1. The van der Waals surface area contributed by atoms with Gasteiger partial charge in [0.2, 0.25) is 5.91 Å². The lowest BCUT2D eigenvalue weighted by Gasteiger charge is -1.94. The van der Waals surface area contributed by atoms with E-state index < -0.39 is 0 Å². The van der Waals surface area contributed by atoms with Crippen LogP contribution in [0.4, 0.5) is 0 Å². The highest BCUT2D eigenvalue weighted by atomic mass is 16.4. The van der Waals surface area contributed by atoms with Gasteiger partial charge in [-0.05, 0) is 45.2 Å². The predicted molar refractivity (Wildman–Crippen MR) is 123 cm³/mol. The molecule has 0 bridgehead atoms. The van der Waals surface area contributed by atoms with Crippen LogP contribution in [0.2, 0.25) is 0 Å². The van der Waals surface area contributed by atoms with Gasteiger partial charge in [0.15, 0.2) is 0 Å². The maximum Gasteiger partial charge on any atom is 0.219 e. The van der Waals surface area contributed by atoms with Crippen LogP contribution in [0.3, 0.4) is 0 Å². The molecule has 3 heterocycles. The van der Waals surface area contributed by atoms with Crippen LogP contribution in [0.1, 0.15) is 57.0 Å². The van der Waals surface area contributed by atoms with Crippen molar-refractivity contribution in [2.45, 2.75) is 53.9 Å². The zero-order chi connectivity index (χ0) is 22.0. The quantitative estimate of drug-likeness (QED) is 0.263. The highest BCUT2D eigenvalue weighted by Crippen LogP contribution is 2.02. The van der Waals surface area contributed by atoms with Gasteiger partial charge in [-0.2, -0.15) is 10.2 Å². The standard InChI is InChI=1S/C8H9NO.C6H11NO.C5H8N2.C2H3N3.CH4/c1-7(9-10)8-5-3-2-4-6-8;8-6-4-2-1-3-5-7-6;1-4-3-5(2)7-6-4;1-3-2-5-4-1;/h2-6,10H,1H3;1-5H2,(H,7,8);3H,1-2H3,(H,6,7);1-2H,(H,3,4,5);1H4/b9-7-;;;;. The number of nitrogens with zero attached hydrogens (tertiary/aromatic N) is 4. The summed E-state index contributed by atoms with van der Waals surface area (Å²) in [6.45, 7) is 6.59. The normalized spacial score (nSPS) is 12.7. The van der Waals surface area contributed by atoms with Gasteiger partial charge in [0.25, 0.3) is 0 Å². The Morgan fingerprint density at radius 2 is 1.87 bits per heavy atom. The molecule has 3 aromatic rings. The Hall–Kier alpha value is -3.49. The van der Waals surface area contributed by atoms with E-state index in [1.807, 2.05) is 50.2 Å². The first-order chi connectivity index (χ1) is 14.5. The molecule has 0 unspecified atom stereocenters. The fourth-order valence-electron chi connectivity index (χ4n) is 2.36. The number of carbonyl (C=O) groups excluding carboxylic acids is 1. The topological polar surface area (TPSA) is 132 Å². The summed E-state index contributed by atoms with van der Waals surface area (Å²) in [5.74, 6) is 0.225. The lowest BCUT2D eigenvalue weighted by atomic mass is 10.1. The second-order valence-corrected chi connectivity index (χ2v) is 6.56. The van der Waals surface area contributed by atoms with E-state index in [0.717, 1.165) is 42.8 Å².